The average molecular weight is 348 g/mol. The van der Waals surface area contributed by atoms with Crippen LogP contribution in [0, 0.1) is 12.7 Å². The van der Waals surface area contributed by atoms with E-state index in [0.29, 0.717) is 11.3 Å². The molecule has 2 aromatic rings. The van der Waals surface area contributed by atoms with Crippen molar-refractivity contribution in [3.05, 3.63) is 41.2 Å². The molecule has 0 radical (unpaired) electrons. The quantitative estimate of drug-likeness (QED) is 0.923. The Hall–Kier alpha value is -1.99. The number of piperazine rings is 1. The van der Waals surface area contributed by atoms with Crippen LogP contribution in [0.4, 0.5) is 15.2 Å². The SMILES string of the molecule is Cc1ccc(NC(=O)[C@@H](C)N2CCN(c3nccs3)CC2)cc1F. The molecule has 3 rings (SSSR count). The van der Waals surface area contributed by atoms with Crippen LogP contribution < -0.4 is 10.2 Å². The third-order valence-electron chi connectivity index (χ3n) is 4.37. The highest BCUT2D eigenvalue weighted by Crippen LogP contribution is 2.20. The van der Waals surface area contributed by atoms with Gasteiger partial charge in [-0.2, -0.15) is 0 Å². The fraction of sp³-hybridized carbons (Fsp3) is 0.412. The molecule has 0 unspecified atom stereocenters. The Balaban J connectivity index is 1.55. The number of amides is 1. The Morgan fingerprint density at radius 1 is 1.33 bits per heavy atom. The lowest BCUT2D eigenvalue weighted by molar-refractivity contribution is -0.120. The Bertz CT molecular complexity index is 699. The molecule has 1 atom stereocenters. The minimum atomic E-state index is -0.308. The lowest BCUT2D eigenvalue weighted by Crippen LogP contribution is -2.52. The summed E-state index contributed by atoms with van der Waals surface area (Å²) in [6.45, 7) is 6.89. The Kier molecular flexibility index (Phi) is 5.11. The maximum Gasteiger partial charge on any atom is 0.241 e. The molecular weight excluding hydrogens is 327 g/mol. The molecule has 0 bridgehead atoms. The number of anilines is 2. The van der Waals surface area contributed by atoms with Gasteiger partial charge in [-0.15, -0.1) is 11.3 Å². The molecule has 1 aliphatic heterocycles. The summed E-state index contributed by atoms with van der Waals surface area (Å²) in [5.41, 5.74) is 1.07. The van der Waals surface area contributed by atoms with E-state index in [9.17, 15) is 9.18 Å². The summed E-state index contributed by atoms with van der Waals surface area (Å²) >= 11 is 1.63. The van der Waals surface area contributed by atoms with E-state index < -0.39 is 0 Å². The van der Waals surface area contributed by atoms with Gasteiger partial charge in [-0.25, -0.2) is 9.37 Å². The molecule has 1 aliphatic rings. The van der Waals surface area contributed by atoms with Crippen LogP contribution in [0.25, 0.3) is 0 Å². The zero-order valence-corrected chi connectivity index (χ0v) is 14.6. The van der Waals surface area contributed by atoms with Crippen LogP contribution in [0.3, 0.4) is 0 Å². The number of rotatable bonds is 4. The van der Waals surface area contributed by atoms with Crippen molar-refractivity contribution in [1.29, 1.82) is 0 Å². The highest BCUT2D eigenvalue weighted by Gasteiger charge is 2.26. The van der Waals surface area contributed by atoms with Crippen molar-refractivity contribution >= 4 is 28.1 Å². The van der Waals surface area contributed by atoms with Gasteiger partial charge in [0, 0.05) is 43.4 Å². The summed E-state index contributed by atoms with van der Waals surface area (Å²) in [6.07, 6.45) is 1.81. The summed E-state index contributed by atoms with van der Waals surface area (Å²) in [6, 6.07) is 4.50. The largest absolute Gasteiger partial charge is 0.346 e. The van der Waals surface area contributed by atoms with E-state index in [1.54, 1.807) is 30.4 Å². The van der Waals surface area contributed by atoms with Gasteiger partial charge in [-0.05, 0) is 31.5 Å². The predicted octanol–water partition coefficient (Wildman–Crippen LogP) is 2.74. The summed E-state index contributed by atoms with van der Waals surface area (Å²) in [5, 5.41) is 5.80. The number of aryl methyl sites for hydroxylation is 1. The molecule has 1 amide bonds. The molecule has 0 saturated carbocycles. The molecule has 0 aliphatic carbocycles. The normalized spacial score (nSPS) is 16.9. The zero-order chi connectivity index (χ0) is 17.1. The maximum absolute atomic E-state index is 13.6. The lowest BCUT2D eigenvalue weighted by Gasteiger charge is -2.37. The smallest absolute Gasteiger partial charge is 0.241 e. The van der Waals surface area contributed by atoms with Crippen LogP contribution >= 0.6 is 11.3 Å². The van der Waals surface area contributed by atoms with E-state index in [0.717, 1.165) is 31.3 Å². The number of hydrogen-bond acceptors (Lipinski definition) is 5. The number of halogens is 1. The van der Waals surface area contributed by atoms with E-state index in [1.807, 2.05) is 18.5 Å². The number of carbonyl (C=O) groups is 1. The first-order chi connectivity index (χ1) is 11.5. The van der Waals surface area contributed by atoms with Crippen molar-refractivity contribution in [2.45, 2.75) is 19.9 Å². The van der Waals surface area contributed by atoms with Crippen molar-refractivity contribution in [3.8, 4) is 0 Å². The molecule has 1 N–H and O–H groups in total. The van der Waals surface area contributed by atoms with Gasteiger partial charge in [0.05, 0.1) is 6.04 Å². The first-order valence-corrected chi connectivity index (χ1v) is 8.88. The first kappa shape index (κ1) is 16.9. The number of thiazole rings is 1. The van der Waals surface area contributed by atoms with Crippen LogP contribution in [0.1, 0.15) is 12.5 Å². The predicted molar refractivity (Wildman–Crippen MR) is 95.1 cm³/mol. The molecule has 5 nitrogen and oxygen atoms in total. The number of nitrogens with zero attached hydrogens (tertiary/aromatic N) is 3. The second-order valence-electron chi connectivity index (χ2n) is 5.97. The third kappa shape index (κ3) is 3.73. The standard InChI is InChI=1S/C17H21FN4OS/c1-12-3-4-14(11-15(12)18)20-16(23)13(2)21-6-8-22(9-7-21)17-19-5-10-24-17/h3-5,10-11,13H,6-9H2,1-2H3,(H,20,23)/t13-/m1/s1. The molecule has 24 heavy (non-hydrogen) atoms. The molecular formula is C17H21FN4OS. The minimum absolute atomic E-state index is 0.110. The summed E-state index contributed by atoms with van der Waals surface area (Å²) in [5.74, 6) is -0.418. The van der Waals surface area contributed by atoms with Gasteiger partial charge in [0.1, 0.15) is 5.82 Å². The molecule has 128 valence electrons. The van der Waals surface area contributed by atoms with E-state index in [4.69, 9.17) is 0 Å². The topological polar surface area (TPSA) is 48.5 Å². The number of hydrogen-bond donors (Lipinski definition) is 1. The van der Waals surface area contributed by atoms with Crippen molar-refractivity contribution < 1.29 is 9.18 Å². The average Bonchev–Trinajstić information content (AvgIpc) is 3.12. The molecule has 2 heterocycles. The highest BCUT2D eigenvalue weighted by atomic mass is 32.1. The van der Waals surface area contributed by atoms with E-state index in [-0.39, 0.29) is 17.8 Å². The number of carbonyl (C=O) groups excluding carboxylic acids is 1. The van der Waals surface area contributed by atoms with Gasteiger partial charge in [0.2, 0.25) is 5.91 Å². The van der Waals surface area contributed by atoms with Crippen LogP contribution in [-0.2, 0) is 4.79 Å². The van der Waals surface area contributed by atoms with Gasteiger partial charge in [0.25, 0.3) is 0 Å². The van der Waals surface area contributed by atoms with E-state index in [2.05, 4.69) is 20.1 Å². The number of nitrogens with one attached hydrogen (secondary N) is 1. The summed E-state index contributed by atoms with van der Waals surface area (Å²) in [4.78, 5) is 21.1. The molecule has 0 spiro atoms. The van der Waals surface area contributed by atoms with Crippen molar-refractivity contribution in [1.82, 2.24) is 9.88 Å². The molecule has 1 saturated heterocycles. The summed E-state index contributed by atoms with van der Waals surface area (Å²) in [7, 11) is 0. The summed E-state index contributed by atoms with van der Waals surface area (Å²) < 4.78 is 13.6. The van der Waals surface area contributed by atoms with E-state index >= 15 is 0 Å². The lowest BCUT2D eigenvalue weighted by atomic mass is 10.2. The highest BCUT2D eigenvalue weighted by molar-refractivity contribution is 7.13. The molecule has 1 aromatic heterocycles. The number of aromatic nitrogens is 1. The van der Waals surface area contributed by atoms with Crippen molar-refractivity contribution in [3.63, 3.8) is 0 Å². The maximum atomic E-state index is 13.6. The monoisotopic (exact) mass is 348 g/mol. The third-order valence-corrected chi connectivity index (χ3v) is 5.20. The second-order valence-corrected chi connectivity index (χ2v) is 6.84. The van der Waals surface area contributed by atoms with Crippen molar-refractivity contribution in [2.75, 3.05) is 36.4 Å². The minimum Gasteiger partial charge on any atom is -0.346 e. The van der Waals surface area contributed by atoms with Gasteiger partial charge in [-0.1, -0.05) is 6.07 Å². The van der Waals surface area contributed by atoms with Crippen LogP contribution in [0.15, 0.2) is 29.8 Å². The fourth-order valence-corrected chi connectivity index (χ4v) is 3.45. The molecule has 1 aromatic carbocycles. The number of benzene rings is 1. The van der Waals surface area contributed by atoms with Gasteiger partial charge in [0.15, 0.2) is 5.13 Å². The second kappa shape index (κ2) is 7.27. The van der Waals surface area contributed by atoms with Gasteiger partial charge >= 0.3 is 0 Å². The molecule has 1 fully saturated rings. The van der Waals surface area contributed by atoms with E-state index in [1.165, 1.54) is 6.07 Å². The molecule has 7 heteroatoms. The Labute approximate surface area is 145 Å². The Morgan fingerprint density at radius 2 is 2.08 bits per heavy atom. The van der Waals surface area contributed by atoms with Crippen LogP contribution in [0.2, 0.25) is 0 Å². The van der Waals surface area contributed by atoms with Gasteiger partial charge in [-0.3, -0.25) is 9.69 Å². The van der Waals surface area contributed by atoms with Gasteiger partial charge < -0.3 is 10.2 Å². The first-order valence-electron chi connectivity index (χ1n) is 8.00. The Morgan fingerprint density at radius 3 is 2.71 bits per heavy atom. The van der Waals surface area contributed by atoms with Crippen LogP contribution in [0.5, 0.6) is 0 Å². The van der Waals surface area contributed by atoms with Crippen LogP contribution in [-0.4, -0.2) is 48.0 Å². The zero-order valence-electron chi connectivity index (χ0n) is 13.8. The van der Waals surface area contributed by atoms with Crippen molar-refractivity contribution in [2.24, 2.45) is 0 Å². The fourth-order valence-electron chi connectivity index (χ4n) is 2.76.